The molecule has 0 aromatic carbocycles. The van der Waals surface area contributed by atoms with Crippen LogP contribution in [0.4, 0.5) is 0 Å². The number of furan rings is 2. The molecule has 3 aromatic rings. The van der Waals surface area contributed by atoms with Gasteiger partial charge >= 0.3 is 0 Å². The highest BCUT2D eigenvalue weighted by molar-refractivity contribution is 7.71. The van der Waals surface area contributed by atoms with E-state index < -0.39 is 0 Å². The highest BCUT2D eigenvalue weighted by Gasteiger charge is 2.15. The zero-order valence-electron chi connectivity index (χ0n) is 10.0. The molecule has 92 valence electrons. The second kappa shape index (κ2) is 4.03. The van der Waals surface area contributed by atoms with Gasteiger partial charge in [-0.3, -0.25) is 0 Å². The third-order valence-corrected chi connectivity index (χ3v) is 2.90. The number of nitrogens with one attached hydrogen (secondary N) is 2. The molecule has 0 amide bonds. The second-order valence-electron chi connectivity index (χ2n) is 4.15. The van der Waals surface area contributed by atoms with Crippen LogP contribution in [0.25, 0.3) is 22.9 Å². The molecule has 18 heavy (non-hydrogen) atoms. The van der Waals surface area contributed by atoms with E-state index >= 15 is 0 Å². The Morgan fingerprint density at radius 3 is 1.61 bits per heavy atom. The van der Waals surface area contributed by atoms with Crippen molar-refractivity contribution in [1.82, 2.24) is 9.97 Å². The van der Waals surface area contributed by atoms with Crippen LogP contribution in [-0.2, 0) is 0 Å². The van der Waals surface area contributed by atoms with E-state index in [-0.39, 0.29) is 0 Å². The number of aromatic nitrogens is 2. The van der Waals surface area contributed by atoms with Gasteiger partial charge in [0.05, 0.1) is 0 Å². The summed E-state index contributed by atoms with van der Waals surface area (Å²) in [5.74, 6) is 3.19. The van der Waals surface area contributed by atoms with Gasteiger partial charge < -0.3 is 18.8 Å². The molecule has 3 aromatic heterocycles. The van der Waals surface area contributed by atoms with Gasteiger partial charge in [-0.05, 0) is 50.3 Å². The van der Waals surface area contributed by atoms with E-state index in [9.17, 15) is 0 Å². The molecule has 3 rings (SSSR count). The molecule has 2 N–H and O–H groups in total. The van der Waals surface area contributed by atoms with Crippen molar-refractivity contribution >= 4 is 12.2 Å². The molecule has 0 unspecified atom stereocenters. The molecule has 0 fully saturated rings. The Kier molecular flexibility index (Phi) is 2.48. The minimum Gasteiger partial charge on any atom is -0.460 e. The highest BCUT2D eigenvalue weighted by atomic mass is 32.1. The smallest absolute Gasteiger partial charge is 0.175 e. The number of hydrogen-bond acceptors (Lipinski definition) is 3. The van der Waals surface area contributed by atoms with E-state index in [1.54, 1.807) is 0 Å². The Morgan fingerprint density at radius 2 is 1.28 bits per heavy atom. The lowest BCUT2D eigenvalue weighted by molar-refractivity contribution is 0.540. The maximum absolute atomic E-state index is 5.61. The zero-order valence-corrected chi connectivity index (χ0v) is 10.9. The van der Waals surface area contributed by atoms with Crippen molar-refractivity contribution in [2.45, 2.75) is 13.8 Å². The predicted molar refractivity (Wildman–Crippen MR) is 70.9 cm³/mol. The Balaban J connectivity index is 2.19. The molecule has 0 atom stereocenters. The first kappa shape index (κ1) is 11.1. The van der Waals surface area contributed by atoms with Crippen molar-refractivity contribution < 1.29 is 8.83 Å². The van der Waals surface area contributed by atoms with E-state index in [4.69, 9.17) is 21.1 Å². The summed E-state index contributed by atoms with van der Waals surface area (Å²) in [4.78, 5) is 6.18. The SMILES string of the molecule is Cc1ccc(-c2[nH]c(=S)[nH]c2-c2ccc(C)o2)o1. The van der Waals surface area contributed by atoms with Crippen LogP contribution in [0, 0.1) is 18.6 Å². The van der Waals surface area contributed by atoms with Gasteiger partial charge in [-0.1, -0.05) is 0 Å². The molecular weight excluding hydrogens is 248 g/mol. The summed E-state index contributed by atoms with van der Waals surface area (Å²) in [6, 6.07) is 7.64. The maximum atomic E-state index is 5.61. The normalized spacial score (nSPS) is 11.0. The van der Waals surface area contributed by atoms with Crippen molar-refractivity contribution in [2.24, 2.45) is 0 Å². The number of H-pyrrole nitrogens is 2. The molecule has 0 saturated carbocycles. The Bertz CT molecular complexity index is 684. The molecule has 0 bridgehead atoms. The number of imidazole rings is 1. The third-order valence-electron chi connectivity index (χ3n) is 2.70. The quantitative estimate of drug-likeness (QED) is 0.678. The number of aromatic amines is 2. The first-order valence-electron chi connectivity index (χ1n) is 5.59. The molecule has 0 aliphatic rings. The second-order valence-corrected chi connectivity index (χ2v) is 4.56. The van der Waals surface area contributed by atoms with E-state index in [2.05, 4.69) is 9.97 Å². The zero-order chi connectivity index (χ0) is 12.7. The van der Waals surface area contributed by atoms with E-state index in [1.807, 2.05) is 38.1 Å². The Labute approximate surface area is 109 Å². The lowest BCUT2D eigenvalue weighted by Crippen LogP contribution is -1.79. The Morgan fingerprint density at radius 1 is 0.833 bits per heavy atom. The summed E-state index contributed by atoms with van der Waals surface area (Å²) in [5.41, 5.74) is 1.62. The number of rotatable bonds is 2. The van der Waals surface area contributed by atoms with E-state index in [0.717, 1.165) is 34.4 Å². The maximum Gasteiger partial charge on any atom is 0.175 e. The van der Waals surface area contributed by atoms with Crippen LogP contribution < -0.4 is 0 Å². The van der Waals surface area contributed by atoms with Gasteiger partial charge in [0.1, 0.15) is 22.9 Å². The third kappa shape index (κ3) is 1.82. The molecule has 0 aliphatic heterocycles. The molecule has 3 heterocycles. The molecule has 4 nitrogen and oxygen atoms in total. The van der Waals surface area contributed by atoms with E-state index in [0.29, 0.717) is 4.77 Å². The van der Waals surface area contributed by atoms with Crippen LogP contribution in [0.5, 0.6) is 0 Å². The molecule has 0 radical (unpaired) electrons. The van der Waals surface area contributed by atoms with Gasteiger partial charge in [0.2, 0.25) is 0 Å². The van der Waals surface area contributed by atoms with E-state index in [1.165, 1.54) is 0 Å². The van der Waals surface area contributed by atoms with Crippen molar-refractivity contribution in [3.63, 3.8) is 0 Å². The van der Waals surface area contributed by atoms with Crippen LogP contribution in [-0.4, -0.2) is 9.97 Å². The van der Waals surface area contributed by atoms with Gasteiger partial charge in [0.15, 0.2) is 16.3 Å². The Hall–Kier alpha value is -2.01. The predicted octanol–water partition coefficient (Wildman–Crippen LogP) is 4.21. The fourth-order valence-corrected chi connectivity index (χ4v) is 2.09. The largest absolute Gasteiger partial charge is 0.460 e. The summed E-state index contributed by atoms with van der Waals surface area (Å²) in [7, 11) is 0. The average Bonchev–Trinajstić information content (AvgIpc) is 2.98. The summed E-state index contributed by atoms with van der Waals surface area (Å²) in [6.45, 7) is 3.81. The van der Waals surface area contributed by atoms with Gasteiger partial charge in [0, 0.05) is 0 Å². The monoisotopic (exact) mass is 260 g/mol. The van der Waals surface area contributed by atoms with Crippen molar-refractivity contribution in [3.05, 3.63) is 40.6 Å². The van der Waals surface area contributed by atoms with Crippen LogP contribution in [0.15, 0.2) is 33.1 Å². The minimum absolute atomic E-state index is 0.545. The first-order valence-corrected chi connectivity index (χ1v) is 6.00. The van der Waals surface area contributed by atoms with Gasteiger partial charge in [-0.15, -0.1) is 0 Å². The van der Waals surface area contributed by atoms with Crippen LogP contribution in [0.2, 0.25) is 0 Å². The topological polar surface area (TPSA) is 57.9 Å². The minimum atomic E-state index is 0.545. The highest BCUT2D eigenvalue weighted by Crippen LogP contribution is 2.31. The number of hydrogen-bond donors (Lipinski definition) is 2. The summed E-state index contributed by atoms with van der Waals surface area (Å²) in [5, 5.41) is 0. The fraction of sp³-hybridized carbons (Fsp3) is 0.154. The first-order chi connectivity index (χ1) is 8.63. The molecular formula is C13H12N2O2S. The van der Waals surface area contributed by atoms with Crippen molar-refractivity contribution in [2.75, 3.05) is 0 Å². The summed E-state index contributed by atoms with van der Waals surface area (Å²) in [6.07, 6.45) is 0. The molecule has 0 saturated heterocycles. The fourth-order valence-electron chi connectivity index (χ4n) is 1.89. The molecule has 0 aliphatic carbocycles. The summed E-state index contributed by atoms with van der Waals surface area (Å²) >= 11 is 5.14. The van der Waals surface area contributed by atoms with Gasteiger partial charge in [-0.25, -0.2) is 0 Å². The van der Waals surface area contributed by atoms with Crippen LogP contribution in [0.1, 0.15) is 11.5 Å². The standard InChI is InChI=1S/C13H12N2O2S/c1-7-3-5-9(16-7)11-12(15-13(18)14-11)10-6-4-8(2)17-10/h3-6H,1-2H3,(H2,14,15,18). The molecule has 5 heteroatoms. The van der Waals surface area contributed by atoms with Crippen molar-refractivity contribution in [3.8, 4) is 22.9 Å². The van der Waals surface area contributed by atoms with Gasteiger partial charge in [0.25, 0.3) is 0 Å². The van der Waals surface area contributed by atoms with Crippen LogP contribution >= 0.6 is 12.2 Å². The lowest BCUT2D eigenvalue weighted by Gasteiger charge is -1.97. The average molecular weight is 260 g/mol. The number of aryl methyl sites for hydroxylation is 2. The van der Waals surface area contributed by atoms with Gasteiger partial charge in [-0.2, -0.15) is 0 Å². The molecule has 0 spiro atoms. The van der Waals surface area contributed by atoms with Crippen molar-refractivity contribution in [1.29, 1.82) is 0 Å². The lowest BCUT2D eigenvalue weighted by atomic mass is 10.2. The summed E-state index contributed by atoms with van der Waals surface area (Å²) < 4.78 is 11.8. The van der Waals surface area contributed by atoms with Crippen LogP contribution in [0.3, 0.4) is 0 Å².